The standard InChI is InChI=1S/C4H7NO2S/c1-5-3-4-8(2,6)7/h1-2,5H,3-4H2. The van der Waals surface area contributed by atoms with E-state index in [0.717, 1.165) is 0 Å². The highest BCUT2D eigenvalue weighted by Gasteiger charge is 1.98. The van der Waals surface area contributed by atoms with Gasteiger partial charge in [0.25, 0.3) is 0 Å². The molecule has 0 fully saturated rings. The molecule has 1 N–H and O–H groups in total. The molecule has 0 saturated heterocycles. The zero-order valence-electron chi connectivity index (χ0n) is 4.29. The van der Waals surface area contributed by atoms with Crippen LogP contribution in [0.15, 0.2) is 0 Å². The van der Waals surface area contributed by atoms with Crippen LogP contribution in [0.25, 0.3) is 0 Å². The highest BCUT2D eigenvalue weighted by atomic mass is 32.2. The van der Waals surface area contributed by atoms with Gasteiger partial charge in [-0.05, 0) is 0 Å². The molecule has 46 valence electrons. The maximum Gasteiger partial charge on any atom is 0.157 e. The lowest BCUT2D eigenvalue weighted by Gasteiger charge is -1.92. The third kappa shape index (κ3) is 5.91. The highest BCUT2D eigenvalue weighted by Crippen LogP contribution is 1.80. The van der Waals surface area contributed by atoms with Gasteiger partial charge in [-0.2, -0.15) is 0 Å². The number of hydrogen-bond acceptors (Lipinski definition) is 3. The third-order valence-electron chi connectivity index (χ3n) is 0.531. The first-order valence-electron chi connectivity index (χ1n) is 2.00. The molecular formula is C4H7NO2S. The molecule has 0 amide bonds. The summed E-state index contributed by atoms with van der Waals surface area (Å²) in [6, 6.07) is 0. The summed E-state index contributed by atoms with van der Waals surface area (Å²) in [5.41, 5.74) is 0. The summed E-state index contributed by atoms with van der Waals surface area (Å²) < 4.78 is 20.1. The Hall–Kier alpha value is -0.0900. The fourth-order valence-electron chi connectivity index (χ4n) is 0.201. The van der Waals surface area contributed by atoms with Crippen molar-refractivity contribution in [2.75, 3.05) is 12.3 Å². The van der Waals surface area contributed by atoms with E-state index in [9.17, 15) is 8.42 Å². The molecule has 0 aliphatic heterocycles. The Labute approximate surface area is 50.0 Å². The summed E-state index contributed by atoms with van der Waals surface area (Å²) in [7, 11) is 1.44. The van der Waals surface area contributed by atoms with Crippen molar-refractivity contribution in [3.63, 3.8) is 0 Å². The molecule has 0 aromatic heterocycles. The van der Waals surface area contributed by atoms with Crippen molar-refractivity contribution < 1.29 is 8.42 Å². The second-order valence-corrected chi connectivity index (χ2v) is 3.06. The van der Waals surface area contributed by atoms with Crippen LogP contribution in [-0.4, -0.2) is 20.7 Å². The van der Waals surface area contributed by atoms with Crippen molar-refractivity contribution in [1.29, 1.82) is 0 Å². The molecule has 0 unspecified atom stereocenters. The molecule has 0 heterocycles. The van der Waals surface area contributed by atoms with Crippen molar-refractivity contribution in [2.45, 2.75) is 0 Å². The fraction of sp³-hybridized carbons (Fsp3) is 0.500. The van der Waals surface area contributed by atoms with Gasteiger partial charge in [0.2, 0.25) is 0 Å². The molecule has 0 spiro atoms. The number of sulfone groups is 1. The van der Waals surface area contributed by atoms with Crippen LogP contribution in [0.1, 0.15) is 0 Å². The SMILES string of the molecule is [CH]NCCS([CH])(=O)=O. The molecule has 3 nitrogen and oxygen atoms in total. The predicted octanol–water partition coefficient (Wildman–Crippen LogP) is -0.672. The quantitative estimate of drug-likeness (QED) is 0.519. The number of hydrogen-bond donors (Lipinski definition) is 1. The largest absolute Gasteiger partial charge is 0.310 e. The molecule has 4 radical (unpaired) electrons. The molecule has 0 aromatic carbocycles. The molecule has 0 bridgehead atoms. The zero-order valence-corrected chi connectivity index (χ0v) is 5.11. The second kappa shape index (κ2) is 3.04. The Balaban J connectivity index is 3.42. The fourth-order valence-corrected chi connectivity index (χ4v) is 0.604. The van der Waals surface area contributed by atoms with E-state index in [-0.39, 0.29) is 12.3 Å². The van der Waals surface area contributed by atoms with Gasteiger partial charge >= 0.3 is 0 Å². The summed E-state index contributed by atoms with van der Waals surface area (Å²) in [4.78, 5) is 0. The minimum atomic E-state index is -3.33. The molecule has 0 rings (SSSR count). The van der Waals surface area contributed by atoms with Gasteiger partial charge in [-0.25, -0.2) is 8.42 Å². The van der Waals surface area contributed by atoms with Gasteiger partial charge in [0.05, 0.1) is 12.0 Å². The van der Waals surface area contributed by atoms with E-state index >= 15 is 0 Å². The lowest BCUT2D eigenvalue weighted by molar-refractivity contribution is 0.602. The minimum absolute atomic E-state index is 0.122. The minimum Gasteiger partial charge on any atom is -0.310 e. The normalized spacial score (nSPS) is 11.8. The van der Waals surface area contributed by atoms with Crippen LogP contribution in [0.2, 0.25) is 0 Å². The Kier molecular flexibility index (Phi) is 3.01. The third-order valence-corrected chi connectivity index (χ3v) is 1.30. The Morgan fingerprint density at radius 3 is 2.12 bits per heavy atom. The number of nitrogens with one attached hydrogen (secondary N) is 1. The summed E-state index contributed by atoms with van der Waals surface area (Å²) in [5.74, 6) is -0.122. The Morgan fingerprint density at radius 1 is 1.50 bits per heavy atom. The summed E-state index contributed by atoms with van der Waals surface area (Å²) in [5, 5.41) is 2.17. The van der Waals surface area contributed by atoms with E-state index in [2.05, 4.69) is 11.6 Å². The molecule has 0 aliphatic carbocycles. The van der Waals surface area contributed by atoms with E-state index < -0.39 is 9.84 Å². The first-order chi connectivity index (χ1) is 3.56. The average Bonchev–Trinajstić information content (AvgIpc) is 1.59. The van der Waals surface area contributed by atoms with Crippen molar-refractivity contribution in [3.05, 3.63) is 13.3 Å². The zero-order chi connectivity index (χ0) is 6.62. The van der Waals surface area contributed by atoms with Crippen molar-refractivity contribution >= 4 is 9.84 Å². The van der Waals surface area contributed by atoms with Crippen LogP contribution in [0.3, 0.4) is 0 Å². The molecule has 8 heavy (non-hydrogen) atoms. The predicted molar refractivity (Wildman–Crippen MR) is 30.4 cm³/mol. The molecule has 0 aliphatic rings. The highest BCUT2D eigenvalue weighted by molar-refractivity contribution is 7.92. The molecule has 0 aromatic rings. The topological polar surface area (TPSA) is 46.2 Å². The summed E-state index contributed by atoms with van der Waals surface area (Å²) in [6.45, 7) is 0.193. The monoisotopic (exact) mass is 133 g/mol. The van der Waals surface area contributed by atoms with Gasteiger partial charge in [-0.15, -0.1) is 0 Å². The first kappa shape index (κ1) is 7.91. The van der Waals surface area contributed by atoms with Crippen LogP contribution < -0.4 is 5.32 Å². The van der Waals surface area contributed by atoms with Crippen molar-refractivity contribution in [1.82, 2.24) is 5.32 Å². The smallest absolute Gasteiger partial charge is 0.157 e. The molecular weight excluding hydrogens is 126 g/mol. The van der Waals surface area contributed by atoms with Gasteiger partial charge in [0, 0.05) is 13.6 Å². The maximum absolute atomic E-state index is 10.1. The van der Waals surface area contributed by atoms with E-state index in [0.29, 0.717) is 0 Å². The molecule has 0 atom stereocenters. The van der Waals surface area contributed by atoms with Crippen LogP contribution in [-0.2, 0) is 9.84 Å². The van der Waals surface area contributed by atoms with Crippen molar-refractivity contribution in [3.8, 4) is 0 Å². The maximum atomic E-state index is 10.1. The van der Waals surface area contributed by atoms with E-state index in [1.165, 1.54) is 0 Å². The Bertz CT molecular complexity index is 138. The van der Waals surface area contributed by atoms with E-state index in [1.54, 1.807) is 0 Å². The average molecular weight is 133 g/mol. The van der Waals surface area contributed by atoms with Gasteiger partial charge < -0.3 is 5.32 Å². The van der Waals surface area contributed by atoms with Crippen LogP contribution in [0.4, 0.5) is 0 Å². The van der Waals surface area contributed by atoms with Gasteiger partial charge in [-0.3, -0.25) is 0 Å². The van der Waals surface area contributed by atoms with Crippen LogP contribution in [0.5, 0.6) is 0 Å². The summed E-state index contributed by atoms with van der Waals surface area (Å²) in [6.07, 6.45) is 4.60. The van der Waals surface area contributed by atoms with Crippen LogP contribution >= 0.6 is 0 Å². The van der Waals surface area contributed by atoms with Gasteiger partial charge in [0.1, 0.15) is 0 Å². The first-order valence-corrected chi connectivity index (χ1v) is 3.72. The summed E-state index contributed by atoms with van der Waals surface area (Å²) >= 11 is 0. The van der Waals surface area contributed by atoms with Crippen LogP contribution in [0, 0.1) is 13.3 Å². The second-order valence-electron chi connectivity index (χ2n) is 1.32. The van der Waals surface area contributed by atoms with Gasteiger partial charge in [0.15, 0.2) is 9.84 Å². The Morgan fingerprint density at radius 2 is 2.00 bits per heavy atom. The molecule has 0 saturated carbocycles. The lowest BCUT2D eigenvalue weighted by atomic mass is 10.8. The number of rotatable bonds is 3. The lowest BCUT2D eigenvalue weighted by Crippen LogP contribution is -2.15. The van der Waals surface area contributed by atoms with Gasteiger partial charge in [-0.1, -0.05) is 0 Å². The molecule has 4 heteroatoms. The van der Waals surface area contributed by atoms with Crippen molar-refractivity contribution in [2.24, 2.45) is 0 Å². The van der Waals surface area contributed by atoms with E-state index in [1.807, 2.05) is 0 Å². The van der Waals surface area contributed by atoms with E-state index in [4.69, 9.17) is 7.05 Å².